The number of nitrogens with zero attached hydrogens (tertiary/aromatic N) is 3. The van der Waals surface area contributed by atoms with Crippen LogP contribution in [0.15, 0.2) is 54.6 Å². The van der Waals surface area contributed by atoms with Crippen molar-refractivity contribution in [2.75, 3.05) is 10.6 Å². The summed E-state index contributed by atoms with van der Waals surface area (Å²) >= 11 is 0. The summed E-state index contributed by atoms with van der Waals surface area (Å²) < 4.78 is 38.2. The molecule has 3 N–H and O–H groups in total. The maximum Gasteiger partial charge on any atom is 0.416 e. The molecule has 4 aromatic rings. The summed E-state index contributed by atoms with van der Waals surface area (Å²) in [6.45, 7) is 1.88. The van der Waals surface area contributed by atoms with E-state index in [4.69, 9.17) is 0 Å². The summed E-state index contributed by atoms with van der Waals surface area (Å²) in [4.78, 5) is 8.90. The zero-order chi connectivity index (χ0) is 19.7. The molecule has 0 aliphatic heterocycles. The molecule has 0 amide bonds. The molecule has 0 bridgehead atoms. The third-order valence-corrected chi connectivity index (χ3v) is 4.02. The number of rotatable bonds is 4. The van der Waals surface area contributed by atoms with E-state index in [-0.39, 0.29) is 5.95 Å². The molecule has 0 atom stereocenters. The first-order valence-electron chi connectivity index (χ1n) is 8.38. The van der Waals surface area contributed by atoms with Crippen LogP contribution in [0, 0.1) is 6.92 Å². The molecular weight excluding hydrogens is 369 g/mol. The monoisotopic (exact) mass is 384 g/mol. The van der Waals surface area contributed by atoms with Crippen molar-refractivity contribution < 1.29 is 13.2 Å². The van der Waals surface area contributed by atoms with Crippen LogP contribution in [0.3, 0.4) is 0 Å². The Labute approximate surface area is 157 Å². The van der Waals surface area contributed by atoms with Gasteiger partial charge in [0.15, 0.2) is 5.82 Å². The fourth-order valence-electron chi connectivity index (χ4n) is 2.70. The molecule has 9 heteroatoms. The van der Waals surface area contributed by atoms with Gasteiger partial charge >= 0.3 is 6.18 Å². The summed E-state index contributed by atoms with van der Waals surface area (Å²) in [6, 6.07) is 13.9. The van der Waals surface area contributed by atoms with E-state index in [0.29, 0.717) is 22.8 Å². The Balaban J connectivity index is 1.67. The van der Waals surface area contributed by atoms with Gasteiger partial charge in [-0.2, -0.15) is 23.3 Å². The van der Waals surface area contributed by atoms with Gasteiger partial charge in [-0.15, -0.1) is 0 Å². The van der Waals surface area contributed by atoms with E-state index in [9.17, 15) is 13.2 Å². The molecule has 0 saturated carbocycles. The molecule has 0 spiro atoms. The van der Waals surface area contributed by atoms with Gasteiger partial charge in [0.1, 0.15) is 5.82 Å². The SMILES string of the molecule is Cc1cc(Nc2nc(Nc3ccc(C(F)(F)F)cc3)nc3ccccc23)n[nH]1. The lowest BCUT2D eigenvalue weighted by atomic mass is 10.2. The molecule has 0 unspecified atom stereocenters. The van der Waals surface area contributed by atoms with Crippen LogP contribution in [0.4, 0.5) is 36.4 Å². The highest BCUT2D eigenvalue weighted by atomic mass is 19.4. The summed E-state index contributed by atoms with van der Waals surface area (Å²) in [7, 11) is 0. The second-order valence-electron chi connectivity index (χ2n) is 6.17. The highest BCUT2D eigenvalue weighted by Crippen LogP contribution is 2.31. The van der Waals surface area contributed by atoms with Crippen LogP contribution in [0.5, 0.6) is 0 Å². The van der Waals surface area contributed by atoms with Gasteiger partial charge in [-0.3, -0.25) is 5.10 Å². The number of halogens is 3. The number of H-pyrrole nitrogens is 1. The van der Waals surface area contributed by atoms with Crippen molar-refractivity contribution in [3.8, 4) is 0 Å². The summed E-state index contributed by atoms with van der Waals surface area (Å²) in [5.41, 5.74) is 1.31. The molecule has 4 rings (SSSR count). The molecule has 28 heavy (non-hydrogen) atoms. The van der Waals surface area contributed by atoms with Crippen molar-refractivity contribution in [1.29, 1.82) is 0 Å². The van der Waals surface area contributed by atoms with Gasteiger partial charge in [0.05, 0.1) is 11.1 Å². The topological polar surface area (TPSA) is 78.5 Å². The lowest BCUT2D eigenvalue weighted by molar-refractivity contribution is -0.137. The second-order valence-corrected chi connectivity index (χ2v) is 6.17. The number of aromatic nitrogens is 4. The van der Waals surface area contributed by atoms with Crippen molar-refractivity contribution in [2.24, 2.45) is 0 Å². The Morgan fingerprint density at radius 2 is 1.68 bits per heavy atom. The summed E-state index contributed by atoms with van der Waals surface area (Å²) in [5, 5.41) is 13.9. The fraction of sp³-hybridized carbons (Fsp3) is 0.105. The zero-order valence-electron chi connectivity index (χ0n) is 14.7. The molecule has 0 radical (unpaired) electrons. The van der Waals surface area contributed by atoms with Gasteiger partial charge in [-0.05, 0) is 43.3 Å². The summed E-state index contributed by atoms with van der Waals surface area (Å²) in [6.07, 6.45) is -4.38. The number of hydrogen-bond donors (Lipinski definition) is 3. The highest BCUT2D eigenvalue weighted by Gasteiger charge is 2.29. The molecule has 2 aromatic heterocycles. The average Bonchev–Trinajstić information content (AvgIpc) is 3.06. The van der Waals surface area contributed by atoms with E-state index in [2.05, 4.69) is 30.8 Å². The lowest BCUT2D eigenvalue weighted by Crippen LogP contribution is -2.05. The standard InChI is InChI=1S/C19H15F3N6/c1-11-10-16(28-27-11)25-17-14-4-2-3-5-15(14)24-18(26-17)23-13-8-6-12(7-9-13)19(20,21)22/h2-10H,1H3,(H3,23,24,25,26,27,28). The predicted molar refractivity (Wildman–Crippen MR) is 101 cm³/mol. The number of aryl methyl sites for hydroxylation is 1. The minimum absolute atomic E-state index is 0.258. The van der Waals surface area contributed by atoms with E-state index in [1.165, 1.54) is 12.1 Å². The van der Waals surface area contributed by atoms with Gasteiger partial charge < -0.3 is 10.6 Å². The number of aromatic amines is 1. The molecule has 0 fully saturated rings. The maximum atomic E-state index is 12.7. The van der Waals surface area contributed by atoms with Gasteiger partial charge in [0.2, 0.25) is 5.95 Å². The van der Waals surface area contributed by atoms with Gasteiger partial charge in [0, 0.05) is 22.8 Å². The van der Waals surface area contributed by atoms with E-state index in [1.807, 2.05) is 37.3 Å². The maximum absolute atomic E-state index is 12.7. The Morgan fingerprint density at radius 1 is 0.929 bits per heavy atom. The fourth-order valence-corrected chi connectivity index (χ4v) is 2.70. The minimum Gasteiger partial charge on any atom is -0.324 e. The molecule has 0 saturated heterocycles. The molecule has 0 aliphatic carbocycles. The first-order valence-corrected chi connectivity index (χ1v) is 8.38. The molecule has 142 valence electrons. The van der Waals surface area contributed by atoms with Crippen molar-refractivity contribution in [2.45, 2.75) is 13.1 Å². The van der Waals surface area contributed by atoms with E-state index in [1.54, 1.807) is 0 Å². The Hall–Kier alpha value is -3.62. The highest BCUT2D eigenvalue weighted by molar-refractivity contribution is 5.91. The third kappa shape index (κ3) is 3.73. The van der Waals surface area contributed by atoms with Crippen LogP contribution in [0.1, 0.15) is 11.3 Å². The molecular formula is C19H15F3N6. The van der Waals surface area contributed by atoms with Crippen molar-refractivity contribution in [3.05, 3.63) is 65.9 Å². The number of para-hydroxylation sites is 1. The van der Waals surface area contributed by atoms with Crippen LogP contribution in [-0.4, -0.2) is 20.2 Å². The first-order chi connectivity index (χ1) is 13.4. The summed E-state index contributed by atoms with van der Waals surface area (Å²) in [5.74, 6) is 1.39. The van der Waals surface area contributed by atoms with E-state index in [0.717, 1.165) is 23.2 Å². The predicted octanol–water partition coefficient (Wildman–Crippen LogP) is 5.17. The van der Waals surface area contributed by atoms with Gasteiger partial charge in [-0.25, -0.2) is 4.98 Å². The number of nitrogens with one attached hydrogen (secondary N) is 3. The molecule has 6 nitrogen and oxygen atoms in total. The largest absolute Gasteiger partial charge is 0.416 e. The van der Waals surface area contributed by atoms with Crippen LogP contribution in [-0.2, 0) is 6.18 Å². The minimum atomic E-state index is -4.38. The zero-order valence-corrected chi connectivity index (χ0v) is 14.7. The molecule has 2 aromatic carbocycles. The quantitative estimate of drug-likeness (QED) is 0.453. The number of alkyl halides is 3. The van der Waals surface area contributed by atoms with Crippen molar-refractivity contribution in [3.63, 3.8) is 0 Å². The average molecular weight is 384 g/mol. The van der Waals surface area contributed by atoms with E-state index >= 15 is 0 Å². The molecule has 0 aliphatic rings. The van der Waals surface area contributed by atoms with Crippen molar-refractivity contribution in [1.82, 2.24) is 20.2 Å². The number of hydrogen-bond acceptors (Lipinski definition) is 5. The molecule has 2 heterocycles. The van der Waals surface area contributed by atoms with Gasteiger partial charge in [-0.1, -0.05) is 12.1 Å². The second kappa shape index (κ2) is 6.84. The van der Waals surface area contributed by atoms with E-state index < -0.39 is 11.7 Å². The number of benzene rings is 2. The normalized spacial score (nSPS) is 11.6. The van der Waals surface area contributed by atoms with Crippen LogP contribution >= 0.6 is 0 Å². The third-order valence-electron chi connectivity index (χ3n) is 4.02. The van der Waals surface area contributed by atoms with Gasteiger partial charge in [0.25, 0.3) is 0 Å². The first kappa shape index (κ1) is 17.8. The smallest absolute Gasteiger partial charge is 0.324 e. The van der Waals surface area contributed by atoms with Crippen LogP contribution < -0.4 is 10.6 Å². The Morgan fingerprint density at radius 3 is 2.36 bits per heavy atom. The number of fused-ring (bicyclic) bond motifs is 1. The lowest BCUT2D eigenvalue weighted by Gasteiger charge is -2.11. The van der Waals surface area contributed by atoms with Crippen LogP contribution in [0.25, 0.3) is 10.9 Å². The van der Waals surface area contributed by atoms with Crippen LogP contribution in [0.2, 0.25) is 0 Å². The van der Waals surface area contributed by atoms with Crippen molar-refractivity contribution >= 4 is 34.2 Å². The number of anilines is 4. The Kier molecular flexibility index (Phi) is 4.34. The Bertz CT molecular complexity index is 1120.